The average Bonchev–Trinajstić information content (AvgIpc) is 3.48. The van der Waals surface area contributed by atoms with Crippen LogP contribution in [0, 0.1) is 0 Å². The molecule has 2 heterocycles. The van der Waals surface area contributed by atoms with Gasteiger partial charge in [0, 0.05) is 43.7 Å². The molecule has 5 nitrogen and oxygen atoms in total. The second-order valence-corrected chi connectivity index (χ2v) is 7.07. The Morgan fingerprint density at radius 2 is 1.84 bits per heavy atom. The van der Waals surface area contributed by atoms with Crippen LogP contribution in [0.2, 0.25) is 5.15 Å². The fraction of sp³-hybridized carbons (Fsp3) is 0.421. The molecule has 130 valence electrons. The molecule has 0 spiro atoms. The Hall–Kier alpha value is -2.14. The highest BCUT2D eigenvalue weighted by Crippen LogP contribution is 2.39. The Labute approximate surface area is 152 Å². The van der Waals surface area contributed by atoms with Crippen molar-refractivity contribution in [1.82, 2.24) is 14.9 Å². The summed E-state index contributed by atoms with van der Waals surface area (Å²) < 4.78 is 0. The van der Waals surface area contributed by atoms with Gasteiger partial charge in [-0.1, -0.05) is 29.8 Å². The highest BCUT2D eigenvalue weighted by Gasteiger charge is 2.28. The van der Waals surface area contributed by atoms with Crippen LogP contribution in [0.3, 0.4) is 0 Å². The molecule has 1 aromatic carbocycles. The number of aromatic nitrogens is 2. The topological polar surface area (TPSA) is 49.3 Å². The molecular formula is C19H21ClN4O. The van der Waals surface area contributed by atoms with Gasteiger partial charge in [-0.05, 0) is 31.4 Å². The van der Waals surface area contributed by atoms with Gasteiger partial charge in [-0.2, -0.15) is 0 Å². The molecule has 2 fully saturated rings. The first-order valence-electron chi connectivity index (χ1n) is 8.84. The molecule has 4 rings (SSSR count). The fourth-order valence-electron chi connectivity index (χ4n) is 3.22. The molecule has 2 aromatic rings. The maximum atomic E-state index is 12.7. The minimum absolute atomic E-state index is 0.0989. The van der Waals surface area contributed by atoms with Crippen LogP contribution >= 0.6 is 11.6 Å². The van der Waals surface area contributed by atoms with Crippen molar-refractivity contribution in [1.29, 1.82) is 0 Å². The van der Waals surface area contributed by atoms with Gasteiger partial charge in [0.25, 0.3) is 5.91 Å². The van der Waals surface area contributed by atoms with E-state index in [9.17, 15) is 4.79 Å². The van der Waals surface area contributed by atoms with Gasteiger partial charge in [-0.25, -0.2) is 9.97 Å². The minimum atomic E-state index is 0.0989. The van der Waals surface area contributed by atoms with E-state index in [-0.39, 0.29) is 5.91 Å². The SMILES string of the molecule is O=C(c1ccccc1)N1CCCN(c2cc(Cl)nc(C3CC3)n2)CC1. The summed E-state index contributed by atoms with van der Waals surface area (Å²) in [4.78, 5) is 25.9. The zero-order chi connectivity index (χ0) is 17.2. The number of carbonyl (C=O) groups is 1. The van der Waals surface area contributed by atoms with Gasteiger partial charge in [0.05, 0.1) is 0 Å². The molecule has 2 aliphatic rings. The van der Waals surface area contributed by atoms with E-state index in [2.05, 4.69) is 9.88 Å². The molecule has 0 bridgehead atoms. The zero-order valence-electron chi connectivity index (χ0n) is 14.1. The molecule has 1 saturated heterocycles. The largest absolute Gasteiger partial charge is 0.355 e. The van der Waals surface area contributed by atoms with Gasteiger partial charge < -0.3 is 9.80 Å². The van der Waals surface area contributed by atoms with Crippen molar-refractivity contribution in [2.45, 2.75) is 25.2 Å². The van der Waals surface area contributed by atoms with E-state index >= 15 is 0 Å². The summed E-state index contributed by atoms with van der Waals surface area (Å²) in [6.45, 7) is 3.08. The first kappa shape index (κ1) is 16.3. The smallest absolute Gasteiger partial charge is 0.253 e. The third kappa shape index (κ3) is 3.76. The lowest BCUT2D eigenvalue weighted by molar-refractivity contribution is 0.0767. The van der Waals surface area contributed by atoms with Crippen molar-refractivity contribution in [2.24, 2.45) is 0 Å². The van der Waals surface area contributed by atoms with Crippen LogP contribution < -0.4 is 4.90 Å². The number of hydrogen-bond donors (Lipinski definition) is 0. The summed E-state index contributed by atoms with van der Waals surface area (Å²) >= 11 is 6.20. The number of nitrogens with zero attached hydrogens (tertiary/aromatic N) is 4. The lowest BCUT2D eigenvalue weighted by Gasteiger charge is -2.23. The molecular weight excluding hydrogens is 336 g/mol. The van der Waals surface area contributed by atoms with E-state index in [1.807, 2.05) is 41.3 Å². The van der Waals surface area contributed by atoms with Crippen molar-refractivity contribution in [2.75, 3.05) is 31.1 Å². The molecule has 1 amide bonds. The van der Waals surface area contributed by atoms with Gasteiger partial charge in [-0.3, -0.25) is 4.79 Å². The van der Waals surface area contributed by atoms with Crippen LogP contribution in [-0.4, -0.2) is 47.0 Å². The van der Waals surface area contributed by atoms with Crippen molar-refractivity contribution in [3.63, 3.8) is 0 Å². The van der Waals surface area contributed by atoms with Crippen LogP contribution in [0.5, 0.6) is 0 Å². The number of halogens is 1. The third-order valence-electron chi connectivity index (χ3n) is 4.77. The number of carbonyl (C=O) groups excluding carboxylic acids is 1. The molecule has 0 radical (unpaired) electrons. The first-order chi connectivity index (χ1) is 12.2. The summed E-state index contributed by atoms with van der Waals surface area (Å²) in [6, 6.07) is 11.3. The molecule has 1 aliphatic heterocycles. The first-order valence-corrected chi connectivity index (χ1v) is 9.22. The normalized spacial score (nSPS) is 18.1. The van der Waals surface area contributed by atoms with E-state index < -0.39 is 0 Å². The molecule has 6 heteroatoms. The number of anilines is 1. The molecule has 0 unspecified atom stereocenters. The predicted octanol–water partition coefficient (Wildman–Crippen LogP) is 3.36. The van der Waals surface area contributed by atoms with Crippen LogP contribution in [0.4, 0.5) is 5.82 Å². The number of benzene rings is 1. The van der Waals surface area contributed by atoms with Gasteiger partial charge in [-0.15, -0.1) is 0 Å². The molecule has 1 aromatic heterocycles. The van der Waals surface area contributed by atoms with Crippen molar-refractivity contribution in [3.05, 3.63) is 52.9 Å². The third-order valence-corrected chi connectivity index (χ3v) is 4.96. The highest BCUT2D eigenvalue weighted by atomic mass is 35.5. The summed E-state index contributed by atoms with van der Waals surface area (Å²) in [5.74, 6) is 2.32. The zero-order valence-corrected chi connectivity index (χ0v) is 14.8. The monoisotopic (exact) mass is 356 g/mol. The van der Waals surface area contributed by atoms with E-state index in [0.29, 0.717) is 17.6 Å². The van der Waals surface area contributed by atoms with Crippen molar-refractivity contribution >= 4 is 23.3 Å². The molecule has 25 heavy (non-hydrogen) atoms. The van der Waals surface area contributed by atoms with Crippen LogP contribution in [0.25, 0.3) is 0 Å². The predicted molar refractivity (Wildman–Crippen MR) is 98.2 cm³/mol. The Kier molecular flexibility index (Phi) is 4.57. The average molecular weight is 357 g/mol. The van der Waals surface area contributed by atoms with E-state index in [0.717, 1.165) is 56.1 Å². The molecule has 0 N–H and O–H groups in total. The van der Waals surface area contributed by atoms with Crippen LogP contribution in [0.15, 0.2) is 36.4 Å². The van der Waals surface area contributed by atoms with Gasteiger partial charge in [0.2, 0.25) is 0 Å². The maximum absolute atomic E-state index is 12.7. The quantitative estimate of drug-likeness (QED) is 0.791. The van der Waals surface area contributed by atoms with Gasteiger partial charge in [0.15, 0.2) is 0 Å². The van der Waals surface area contributed by atoms with Gasteiger partial charge in [0.1, 0.15) is 16.8 Å². The summed E-state index contributed by atoms with van der Waals surface area (Å²) in [5, 5.41) is 0.508. The lowest BCUT2D eigenvalue weighted by Crippen LogP contribution is -2.35. The fourth-order valence-corrected chi connectivity index (χ4v) is 3.41. The second kappa shape index (κ2) is 7.00. The molecule has 1 saturated carbocycles. The van der Waals surface area contributed by atoms with E-state index in [1.165, 1.54) is 0 Å². The maximum Gasteiger partial charge on any atom is 0.253 e. The van der Waals surface area contributed by atoms with Gasteiger partial charge >= 0.3 is 0 Å². The Bertz CT molecular complexity index is 763. The molecule has 1 aliphatic carbocycles. The van der Waals surface area contributed by atoms with Crippen molar-refractivity contribution in [3.8, 4) is 0 Å². The Morgan fingerprint density at radius 3 is 2.60 bits per heavy atom. The van der Waals surface area contributed by atoms with E-state index in [4.69, 9.17) is 16.6 Å². The van der Waals surface area contributed by atoms with Crippen LogP contribution in [-0.2, 0) is 0 Å². The standard InChI is InChI=1S/C19H21ClN4O/c20-16-13-17(22-18(21-16)14-7-8-14)23-9-4-10-24(12-11-23)19(25)15-5-2-1-3-6-15/h1-3,5-6,13-14H,4,7-12H2. The summed E-state index contributed by atoms with van der Waals surface area (Å²) in [6.07, 6.45) is 3.22. The Morgan fingerprint density at radius 1 is 1.04 bits per heavy atom. The number of rotatable bonds is 3. The lowest BCUT2D eigenvalue weighted by atomic mass is 10.2. The Balaban J connectivity index is 1.47. The minimum Gasteiger partial charge on any atom is -0.355 e. The number of amides is 1. The second-order valence-electron chi connectivity index (χ2n) is 6.68. The molecule has 0 atom stereocenters. The van der Waals surface area contributed by atoms with E-state index in [1.54, 1.807) is 0 Å². The summed E-state index contributed by atoms with van der Waals surface area (Å²) in [7, 11) is 0. The number of hydrogen-bond acceptors (Lipinski definition) is 4. The van der Waals surface area contributed by atoms with Crippen LogP contribution in [0.1, 0.15) is 41.4 Å². The summed E-state index contributed by atoms with van der Waals surface area (Å²) in [5.41, 5.74) is 0.747. The van der Waals surface area contributed by atoms with Crippen molar-refractivity contribution < 1.29 is 4.79 Å². The highest BCUT2D eigenvalue weighted by molar-refractivity contribution is 6.29.